The highest BCUT2D eigenvalue weighted by Crippen LogP contribution is 2.45. The molecule has 0 aromatic heterocycles. The maximum Gasteiger partial charge on any atom is 0.248 e. The molecule has 2 aliphatic rings. The number of hydrogen-bond donors (Lipinski definition) is 1. The van der Waals surface area contributed by atoms with E-state index in [4.69, 9.17) is 4.74 Å². The number of methoxy groups -OCH3 is 1. The van der Waals surface area contributed by atoms with Crippen LogP contribution in [0.4, 0.5) is 8.78 Å². The molecule has 3 atom stereocenters. The van der Waals surface area contributed by atoms with E-state index in [0.29, 0.717) is 19.3 Å². The fraction of sp³-hybridized carbons (Fsp3) is 1.00. The largest absolute Gasteiger partial charge is 0.390 e. The lowest BCUT2D eigenvalue weighted by Gasteiger charge is -2.37. The molecule has 2 aliphatic carbocycles. The zero-order valence-electron chi connectivity index (χ0n) is 10.4. The van der Waals surface area contributed by atoms with E-state index in [-0.39, 0.29) is 24.9 Å². The first-order chi connectivity index (χ1) is 7.92. The minimum atomic E-state index is -2.50. The maximum absolute atomic E-state index is 13.1. The maximum atomic E-state index is 13.1. The monoisotopic (exact) mass is 248 g/mol. The van der Waals surface area contributed by atoms with Crippen LogP contribution >= 0.6 is 0 Å². The van der Waals surface area contributed by atoms with Gasteiger partial charge in [-0.15, -0.1) is 0 Å². The van der Waals surface area contributed by atoms with E-state index in [1.165, 1.54) is 0 Å². The lowest BCUT2D eigenvalue weighted by atomic mass is 9.77. The molecular formula is C13H22F2O2. The van der Waals surface area contributed by atoms with E-state index in [2.05, 4.69) is 0 Å². The predicted molar refractivity (Wildman–Crippen MR) is 61.1 cm³/mol. The van der Waals surface area contributed by atoms with Crippen LogP contribution in [-0.2, 0) is 4.74 Å². The topological polar surface area (TPSA) is 29.5 Å². The average Bonchev–Trinajstić information content (AvgIpc) is 2.57. The Morgan fingerprint density at radius 2 is 2.00 bits per heavy atom. The second kappa shape index (κ2) is 4.81. The summed E-state index contributed by atoms with van der Waals surface area (Å²) in [5.74, 6) is -2.53. The van der Waals surface area contributed by atoms with Crippen LogP contribution in [0.25, 0.3) is 0 Å². The summed E-state index contributed by atoms with van der Waals surface area (Å²) in [7, 11) is 1.65. The van der Waals surface area contributed by atoms with Crippen molar-refractivity contribution in [2.24, 2.45) is 5.92 Å². The summed E-state index contributed by atoms with van der Waals surface area (Å²) in [6.45, 7) is 0. The number of hydrogen-bond acceptors (Lipinski definition) is 2. The van der Waals surface area contributed by atoms with Gasteiger partial charge in [0.15, 0.2) is 0 Å². The fourth-order valence-corrected chi connectivity index (χ4v) is 3.43. The standard InChI is InChI=1S/C13H22F2O2/c1-17-11-3-2-5-12(16,9-11)7-10-4-6-13(14,15)8-10/h10-11,16H,2-9H2,1H3. The molecule has 2 rings (SSSR count). The first kappa shape index (κ1) is 13.2. The number of ether oxygens (including phenoxy) is 1. The van der Waals surface area contributed by atoms with Gasteiger partial charge in [0.1, 0.15) is 0 Å². The van der Waals surface area contributed by atoms with Gasteiger partial charge in [-0.2, -0.15) is 0 Å². The molecule has 0 spiro atoms. The normalized spacial score (nSPS) is 41.6. The van der Waals surface area contributed by atoms with Gasteiger partial charge in [-0.1, -0.05) is 0 Å². The van der Waals surface area contributed by atoms with Gasteiger partial charge < -0.3 is 9.84 Å². The summed E-state index contributed by atoms with van der Waals surface area (Å²) in [5.41, 5.74) is -0.774. The highest BCUT2D eigenvalue weighted by molar-refractivity contribution is 4.92. The molecule has 3 unspecified atom stereocenters. The van der Waals surface area contributed by atoms with E-state index >= 15 is 0 Å². The van der Waals surface area contributed by atoms with Crippen molar-refractivity contribution in [2.75, 3.05) is 7.11 Å². The van der Waals surface area contributed by atoms with Crippen LogP contribution in [0, 0.1) is 5.92 Å². The third kappa shape index (κ3) is 3.38. The molecule has 0 aromatic carbocycles. The minimum absolute atomic E-state index is 0.0124. The molecule has 0 aliphatic heterocycles. The quantitative estimate of drug-likeness (QED) is 0.831. The Morgan fingerprint density at radius 1 is 1.24 bits per heavy atom. The van der Waals surface area contributed by atoms with Gasteiger partial charge in [0.2, 0.25) is 5.92 Å². The third-order valence-corrected chi connectivity index (χ3v) is 4.28. The molecule has 0 bridgehead atoms. The van der Waals surface area contributed by atoms with Crippen molar-refractivity contribution in [1.29, 1.82) is 0 Å². The summed E-state index contributed by atoms with van der Waals surface area (Å²) in [6, 6.07) is 0. The van der Waals surface area contributed by atoms with Gasteiger partial charge in [0.25, 0.3) is 0 Å². The van der Waals surface area contributed by atoms with Crippen molar-refractivity contribution in [3.8, 4) is 0 Å². The zero-order chi connectivity index (χ0) is 12.5. The van der Waals surface area contributed by atoms with Crippen LogP contribution in [0.15, 0.2) is 0 Å². The van der Waals surface area contributed by atoms with Crippen molar-refractivity contribution in [3.05, 3.63) is 0 Å². The number of aliphatic hydroxyl groups is 1. The molecule has 0 heterocycles. The second-order valence-electron chi connectivity index (χ2n) is 5.85. The van der Waals surface area contributed by atoms with Gasteiger partial charge in [0.05, 0.1) is 11.7 Å². The summed E-state index contributed by atoms with van der Waals surface area (Å²) < 4.78 is 31.5. The molecule has 0 saturated heterocycles. The molecule has 2 saturated carbocycles. The van der Waals surface area contributed by atoms with Crippen molar-refractivity contribution >= 4 is 0 Å². The Balaban J connectivity index is 1.89. The number of alkyl halides is 2. The fourth-order valence-electron chi connectivity index (χ4n) is 3.43. The molecule has 0 aromatic rings. The van der Waals surface area contributed by atoms with Gasteiger partial charge in [-0.05, 0) is 38.0 Å². The van der Waals surface area contributed by atoms with E-state index < -0.39 is 11.5 Å². The van der Waals surface area contributed by atoms with Crippen molar-refractivity contribution in [1.82, 2.24) is 0 Å². The van der Waals surface area contributed by atoms with E-state index in [1.807, 2.05) is 0 Å². The van der Waals surface area contributed by atoms with Crippen LogP contribution in [0.2, 0.25) is 0 Å². The Bertz CT molecular complexity index is 270. The van der Waals surface area contributed by atoms with Crippen molar-refractivity contribution in [2.45, 2.75) is 69.0 Å². The highest BCUT2D eigenvalue weighted by Gasteiger charge is 2.44. The van der Waals surface area contributed by atoms with Gasteiger partial charge in [-0.3, -0.25) is 0 Å². The van der Waals surface area contributed by atoms with Crippen LogP contribution < -0.4 is 0 Å². The van der Waals surface area contributed by atoms with Crippen LogP contribution in [-0.4, -0.2) is 29.8 Å². The summed E-state index contributed by atoms with van der Waals surface area (Å²) >= 11 is 0. The average molecular weight is 248 g/mol. The Kier molecular flexibility index (Phi) is 3.74. The lowest BCUT2D eigenvalue weighted by Crippen LogP contribution is -2.39. The van der Waals surface area contributed by atoms with Crippen molar-refractivity contribution in [3.63, 3.8) is 0 Å². The van der Waals surface area contributed by atoms with Crippen LogP contribution in [0.1, 0.15) is 51.4 Å². The Morgan fingerprint density at radius 3 is 2.59 bits per heavy atom. The predicted octanol–water partition coefficient (Wildman–Crippen LogP) is 3.13. The second-order valence-corrected chi connectivity index (χ2v) is 5.85. The molecule has 1 N–H and O–H groups in total. The Hall–Kier alpha value is -0.220. The van der Waals surface area contributed by atoms with Crippen molar-refractivity contribution < 1.29 is 18.6 Å². The van der Waals surface area contributed by atoms with Gasteiger partial charge >= 0.3 is 0 Å². The number of rotatable bonds is 3. The molecule has 17 heavy (non-hydrogen) atoms. The Labute approximate surface area is 101 Å². The van der Waals surface area contributed by atoms with Crippen LogP contribution in [0.3, 0.4) is 0 Å². The molecule has 2 nitrogen and oxygen atoms in total. The van der Waals surface area contributed by atoms with Crippen LogP contribution in [0.5, 0.6) is 0 Å². The summed E-state index contributed by atoms with van der Waals surface area (Å²) in [5, 5.41) is 10.5. The summed E-state index contributed by atoms with van der Waals surface area (Å²) in [4.78, 5) is 0. The molecule has 2 fully saturated rings. The van der Waals surface area contributed by atoms with Gasteiger partial charge in [0, 0.05) is 26.4 Å². The summed E-state index contributed by atoms with van der Waals surface area (Å²) in [6.07, 6.45) is 4.33. The third-order valence-electron chi connectivity index (χ3n) is 4.28. The molecule has 0 amide bonds. The number of halogens is 2. The smallest absolute Gasteiger partial charge is 0.248 e. The lowest BCUT2D eigenvalue weighted by molar-refractivity contribution is -0.0739. The van der Waals surface area contributed by atoms with E-state index in [1.54, 1.807) is 7.11 Å². The highest BCUT2D eigenvalue weighted by atomic mass is 19.3. The first-order valence-electron chi connectivity index (χ1n) is 6.55. The van der Waals surface area contributed by atoms with E-state index in [0.717, 1.165) is 19.3 Å². The SMILES string of the molecule is COC1CCCC(O)(CC2CCC(F)(F)C2)C1. The molecule has 0 radical (unpaired) electrons. The molecular weight excluding hydrogens is 226 g/mol. The minimum Gasteiger partial charge on any atom is -0.390 e. The first-order valence-corrected chi connectivity index (χ1v) is 6.55. The van der Waals surface area contributed by atoms with Gasteiger partial charge in [-0.25, -0.2) is 8.78 Å². The molecule has 100 valence electrons. The zero-order valence-corrected chi connectivity index (χ0v) is 10.4. The van der Waals surface area contributed by atoms with E-state index in [9.17, 15) is 13.9 Å². The molecule has 4 heteroatoms.